The maximum atomic E-state index is 13.3. The zero-order chi connectivity index (χ0) is 25.0. The van der Waals surface area contributed by atoms with Crippen molar-refractivity contribution in [2.24, 2.45) is 0 Å². The van der Waals surface area contributed by atoms with Crippen molar-refractivity contribution in [3.63, 3.8) is 0 Å². The Balaban J connectivity index is 1.83. The molecule has 2 aromatic carbocycles. The number of fused-ring (bicyclic) bond motifs is 1. The Morgan fingerprint density at radius 2 is 1.74 bits per heavy atom. The molecule has 0 aliphatic carbocycles. The minimum Gasteiger partial charge on any atom is -0.354 e. The van der Waals surface area contributed by atoms with Crippen molar-refractivity contribution in [3.8, 4) is 0 Å². The van der Waals surface area contributed by atoms with Gasteiger partial charge in [-0.3, -0.25) is 14.4 Å². The molecule has 1 unspecified atom stereocenters. The minimum absolute atomic E-state index is 0.0566. The number of rotatable bonds is 9. The first kappa shape index (κ1) is 26.0. The summed E-state index contributed by atoms with van der Waals surface area (Å²) in [4.78, 5) is 39.8. The molecule has 182 valence electrons. The third-order valence-electron chi connectivity index (χ3n) is 5.55. The zero-order valence-electron chi connectivity index (χ0n) is 18.8. The van der Waals surface area contributed by atoms with E-state index >= 15 is 0 Å². The number of halogens is 2. The average molecular weight is 526 g/mol. The summed E-state index contributed by atoms with van der Waals surface area (Å²) in [5, 5.41) is 3.42. The van der Waals surface area contributed by atoms with Gasteiger partial charge in [-0.2, -0.15) is 0 Å². The van der Waals surface area contributed by atoms with Crippen LogP contribution in [0, 0.1) is 0 Å². The molecule has 1 aliphatic rings. The summed E-state index contributed by atoms with van der Waals surface area (Å²) in [6, 6.07) is 9.93. The molecular formula is C23H25Cl2N3O5S. The number of amides is 3. The van der Waals surface area contributed by atoms with Crippen LogP contribution in [0.3, 0.4) is 0 Å². The van der Waals surface area contributed by atoms with Crippen LogP contribution >= 0.6 is 23.2 Å². The second-order valence-corrected chi connectivity index (χ2v) is 10.5. The summed E-state index contributed by atoms with van der Waals surface area (Å²) in [6.45, 7) is 3.50. The maximum absolute atomic E-state index is 13.3. The number of hydrogen-bond donors (Lipinski definition) is 1. The number of sulfonamides is 1. The van der Waals surface area contributed by atoms with E-state index in [0.29, 0.717) is 26.5 Å². The fraction of sp³-hybridized carbons (Fsp3) is 0.348. The van der Waals surface area contributed by atoms with Gasteiger partial charge in [0.25, 0.3) is 15.9 Å². The minimum atomic E-state index is -4.05. The maximum Gasteiger partial charge on any atom is 0.269 e. The molecule has 0 aromatic heterocycles. The molecule has 0 saturated carbocycles. The lowest BCUT2D eigenvalue weighted by molar-refractivity contribution is -0.140. The lowest BCUT2D eigenvalue weighted by atomic mass is 10.1. The van der Waals surface area contributed by atoms with Crippen LogP contribution in [0.4, 0.5) is 0 Å². The number of nitrogens with zero attached hydrogens (tertiary/aromatic N) is 2. The molecule has 1 N–H and O–H groups in total. The Labute approximate surface area is 208 Å². The second-order valence-electron chi connectivity index (χ2n) is 7.82. The molecule has 0 spiro atoms. The second kappa shape index (κ2) is 10.8. The summed E-state index contributed by atoms with van der Waals surface area (Å²) < 4.78 is 26.3. The molecule has 2 aromatic rings. The van der Waals surface area contributed by atoms with Gasteiger partial charge in [0.1, 0.15) is 10.9 Å². The van der Waals surface area contributed by atoms with Gasteiger partial charge in [0.05, 0.1) is 5.56 Å². The molecule has 0 saturated heterocycles. The van der Waals surface area contributed by atoms with Gasteiger partial charge >= 0.3 is 0 Å². The normalized spacial score (nSPS) is 15.1. The number of carbonyl (C=O) groups excluding carboxylic acids is 3. The lowest BCUT2D eigenvalue weighted by Crippen LogP contribution is -2.48. The van der Waals surface area contributed by atoms with Gasteiger partial charge in [-0.05, 0) is 37.6 Å². The standard InChI is InChI=1S/C23H25Cl2N3O5S/c1-3-12-26-22(30)15(2)27(14-17-18(24)8-6-9-19(17)25)21(29)11-13-28-23(31)16-7-4-5-10-20(16)34(28,32)33/h4-10,15H,3,11-14H2,1-2H3,(H,26,30). The molecule has 3 amide bonds. The van der Waals surface area contributed by atoms with Gasteiger partial charge in [-0.15, -0.1) is 0 Å². The van der Waals surface area contributed by atoms with Crippen molar-refractivity contribution >= 4 is 50.9 Å². The van der Waals surface area contributed by atoms with Crippen LogP contribution in [0.25, 0.3) is 0 Å². The Morgan fingerprint density at radius 1 is 1.09 bits per heavy atom. The van der Waals surface area contributed by atoms with Crippen LogP contribution in [-0.2, 0) is 26.2 Å². The lowest BCUT2D eigenvalue weighted by Gasteiger charge is -2.30. The number of carbonyl (C=O) groups is 3. The first-order valence-corrected chi connectivity index (χ1v) is 12.9. The number of benzene rings is 2. The van der Waals surface area contributed by atoms with Crippen LogP contribution < -0.4 is 5.32 Å². The third-order valence-corrected chi connectivity index (χ3v) is 8.10. The molecule has 11 heteroatoms. The highest BCUT2D eigenvalue weighted by Crippen LogP contribution is 2.30. The number of nitrogens with one attached hydrogen (secondary N) is 1. The van der Waals surface area contributed by atoms with Crippen LogP contribution in [0.15, 0.2) is 47.4 Å². The quantitative estimate of drug-likeness (QED) is 0.539. The molecule has 1 atom stereocenters. The van der Waals surface area contributed by atoms with E-state index < -0.39 is 27.9 Å². The Morgan fingerprint density at radius 3 is 2.35 bits per heavy atom. The fourth-order valence-electron chi connectivity index (χ4n) is 3.63. The van der Waals surface area contributed by atoms with Crippen molar-refractivity contribution in [2.45, 2.75) is 44.2 Å². The van der Waals surface area contributed by atoms with E-state index in [0.717, 1.165) is 6.42 Å². The van der Waals surface area contributed by atoms with E-state index in [1.165, 1.54) is 23.1 Å². The van der Waals surface area contributed by atoms with Gasteiger partial charge in [-0.25, -0.2) is 12.7 Å². The predicted molar refractivity (Wildman–Crippen MR) is 129 cm³/mol. The smallest absolute Gasteiger partial charge is 0.269 e. The molecule has 8 nitrogen and oxygen atoms in total. The van der Waals surface area contributed by atoms with Gasteiger partial charge < -0.3 is 10.2 Å². The van der Waals surface area contributed by atoms with E-state index in [2.05, 4.69) is 5.32 Å². The molecule has 34 heavy (non-hydrogen) atoms. The largest absolute Gasteiger partial charge is 0.354 e. The molecule has 0 bridgehead atoms. The van der Waals surface area contributed by atoms with E-state index in [9.17, 15) is 22.8 Å². The van der Waals surface area contributed by atoms with Crippen LogP contribution in [0.2, 0.25) is 10.0 Å². The van der Waals surface area contributed by atoms with Gasteiger partial charge in [0.2, 0.25) is 11.8 Å². The van der Waals surface area contributed by atoms with E-state index in [1.807, 2.05) is 6.92 Å². The summed E-state index contributed by atoms with van der Waals surface area (Å²) in [5.41, 5.74) is 0.536. The average Bonchev–Trinajstić information content (AvgIpc) is 3.00. The van der Waals surface area contributed by atoms with Gasteiger partial charge in [0.15, 0.2) is 0 Å². The van der Waals surface area contributed by atoms with E-state index in [-0.39, 0.29) is 35.9 Å². The highest BCUT2D eigenvalue weighted by atomic mass is 35.5. The van der Waals surface area contributed by atoms with Gasteiger partial charge in [-0.1, -0.05) is 48.3 Å². The highest BCUT2D eigenvalue weighted by molar-refractivity contribution is 7.90. The molecule has 0 radical (unpaired) electrons. The molecule has 1 heterocycles. The molecule has 1 aliphatic heterocycles. The molecule has 3 rings (SSSR count). The predicted octanol–water partition coefficient (Wildman–Crippen LogP) is 3.47. The van der Waals surface area contributed by atoms with E-state index in [1.54, 1.807) is 31.2 Å². The van der Waals surface area contributed by atoms with Crippen molar-refractivity contribution in [1.29, 1.82) is 0 Å². The Hall–Kier alpha value is -2.62. The van der Waals surface area contributed by atoms with Crippen LogP contribution in [-0.4, -0.2) is 54.5 Å². The van der Waals surface area contributed by atoms with Crippen molar-refractivity contribution < 1.29 is 22.8 Å². The summed E-state index contributed by atoms with van der Waals surface area (Å²) in [7, 11) is -4.05. The highest BCUT2D eigenvalue weighted by Gasteiger charge is 2.41. The molecular weight excluding hydrogens is 501 g/mol. The number of hydrogen-bond acceptors (Lipinski definition) is 5. The zero-order valence-corrected chi connectivity index (χ0v) is 21.1. The fourth-order valence-corrected chi connectivity index (χ4v) is 5.71. The van der Waals surface area contributed by atoms with Crippen LogP contribution in [0.1, 0.15) is 42.6 Å². The first-order valence-electron chi connectivity index (χ1n) is 10.8. The van der Waals surface area contributed by atoms with Crippen molar-refractivity contribution in [2.75, 3.05) is 13.1 Å². The monoisotopic (exact) mass is 525 g/mol. The SMILES string of the molecule is CCCNC(=O)C(C)N(Cc1c(Cl)cccc1Cl)C(=O)CCN1C(=O)c2ccccc2S1(=O)=O. The third kappa shape index (κ3) is 5.21. The van der Waals surface area contributed by atoms with Crippen molar-refractivity contribution in [1.82, 2.24) is 14.5 Å². The first-order chi connectivity index (χ1) is 16.1. The van der Waals surface area contributed by atoms with E-state index in [4.69, 9.17) is 23.2 Å². The summed E-state index contributed by atoms with van der Waals surface area (Å²) in [6.07, 6.45) is 0.407. The van der Waals surface area contributed by atoms with Gasteiger partial charge in [0, 0.05) is 41.7 Å². The summed E-state index contributed by atoms with van der Waals surface area (Å²) >= 11 is 12.6. The van der Waals surface area contributed by atoms with Crippen molar-refractivity contribution in [3.05, 3.63) is 63.6 Å². The summed E-state index contributed by atoms with van der Waals surface area (Å²) in [5.74, 6) is -1.57. The Kier molecular flexibility index (Phi) is 8.22. The van der Waals surface area contributed by atoms with Crippen LogP contribution in [0.5, 0.6) is 0 Å². The topological polar surface area (TPSA) is 104 Å². The molecule has 0 fully saturated rings. The Bertz CT molecular complexity index is 1200.